The SMILES string of the molecule is Cn1cccc1C1COCCN1Cc1ccc(F)cc1F. The summed E-state index contributed by atoms with van der Waals surface area (Å²) >= 11 is 0. The minimum absolute atomic E-state index is 0.0863. The molecule has 0 aliphatic carbocycles. The predicted molar refractivity (Wildman–Crippen MR) is 75.7 cm³/mol. The van der Waals surface area contributed by atoms with E-state index in [0.717, 1.165) is 18.3 Å². The van der Waals surface area contributed by atoms with Crippen molar-refractivity contribution >= 4 is 0 Å². The quantitative estimate of drug-likeness (QED) is 0.865. The van der Waals surface area contributed by atoms with Crippen LogP contribution in [0.1, 0.15) is 17.3 Å². The molecule has 1 unspecified atom stereocenters. The highest BCUT2D eigenvalue weighted by Crippen LogP contribution is 2.26. The van der Waals surface area contributed by atoms with Gasteiger partial charge in [-0.2, -0.15) is 0 Å². The van der Waals surface area contributed by atoms with E-state index in [4.69, 9.17) is 4.74 Å². The van der Waals surface area contributed by atoms with Crippen molar-refractivity contribution in [3.05, 3.63) is 59.4 Å². The standard InChI is InChI=1S/C16H18F2N2O/c1-19-6-2-3-15(19)16-11-21-8-7-20(16)10-12-4-5-13(17)9-14(12)18/h2-6,9,16H,7-8,10-11H2,1H3. The van der Waals surface area contributed by atoms with Gasteiger partial charge in [0.2, 0.25) is 0 Å². The molecule has 1 aromatic carbocycles. The Balaban J connectivity index is 1.83. The molecule has 2 aromatic rings. The molecule has 1 aromatic heterocycles. The molecular formula is C16H18F2N2O. The highest BCUT2D eigenvalue weighted by molar-refractivity contribution is 5.20. The zero-order chi connectivity index (χ0) is 14.8. The second-order valence-corrected chi connectivity index (χ2v) is 5.34. The van der Waals surface area contributed by atoms with Crippen LogP contribution in [0.3, 0.4) is 0 Å². The van der Waals surface area contributed by atoms with Gasteiger partial charge in [0.1, 0.15) is 11.6 Å². The Morgan fingerprint density at radius 3 is 2.86 bits per heavy atom. The van der Waals surface area contributed by atoms with E-state index in [1.807, 2.05) is 29.9 Å². The molecule has 21 heavy (non-hydrogen) atoms. The van der Waals surface area contributed by atoms with Gasteiger partial charge in [-0.15, -0.1) is 0 Å². The molecule has 0 spiro atoms. The fraction of sp³-hybridized carbons (Fsp3) is 0.375. The first-order chi connectivity index (χ1) is 10.1. The van der Waals surface area contributed by atoms with E-state index in [0.29, 0.717) is 25.3 Å². The highest BCUT2D eigenvalue weighted by atomic mass is 19.1. The molecule has 5 heteroatoms. The summed E-state index contributed by atoms with van der Waals surface area (Å²) < 4.78 is 34.5. The number of nitrogens with zero attached hydrogens (tertiary/aromatic N) is 2. The molecular weight excluding hydrogens is 274 g/mol. The van der Waals surface area contributed by atoms with Crippen molar-refractivity contribution in [2.24, 2.45) is 7.05 Å². The summed E-state index contributed by atoms with van der Waals surface area (Å²) in [6.07, 6.45) is 1.99. The van der Waals surface area contributed by atoms with Gasteiger partial charge in [-0.3, -0.25) is 4.90 Å². The van der Waals surface area contributed by atoms with Crippen molar-refractivity contribution in [2.45, 2.75) is 12.6 Å². The molecule has 0 bridgehead atoms. The summed E-state index contributed by atoms with van der Waals surface area (Å²) in [5.41, 5.74) is 1.65. The van der Waals surface area contributed by atoms with E-state index >= 15 is 0 Å². The lowest BCUT2D eigenvalue weighted by molar-refractivity contribution is -0.0156. The van der Waals surface area contributed by atoms with Gasteiger partial charge in [-0.05, 0) is 18.2 Å². The number of rotatable bonds is 3. The molecule has 1 aliphatic heterocycles. The van der Waals surface area contributed by atoms with Crippen LogP contribution in [0.15, 0.2) is 36.5 Å². The molecule has 1 fully saturated rings. The third-order valence-corrected chi connectivity index (χ3v) is 3.95. The molecule has 1 atom stereocenters. The van der Waals surface area contributed by atoms with E-state index in [-0.39, 0.29) is 6.04 Å². The number of hydrogen-bond acceptors (Lipinski definition) is 2. The van der Waals surface area contributed by atoms with Gasteiger partial charge in [0.05, 0.1) is 19.3 Å². The van der Waals surface area contributed by atoms with Crippen molar-refractivity contribution in [2.75, 3.05) is 19.8 Å². The molecule has 0 radical (unpaired) electrons. The van der Waals surface area contributed by atoms with Crippen molar-refractivity contribution in [1.29, 1.82) is 0 Å². The molecule has 112 valence electrons. The lowest BCUT2D eigenvalue weighted by atomic mass is 10.1. The lowest BCUT2D eigenvalue weighted by Gasteiger charge is -2.36. The van der Waals surface area contributed by atoms with Gasteiger partial charge in [0, 0.05) is 43.7 Å². The highest BCUT2D eigenvalue weighted by Gasteiger charge is 2.26. The van der Waals surface area contributed by atoms with E-state index in [1.54, 1.807) is 0 Å². The normalized spacial score (nSPS) is 19.9. The molecule has 2 heterocycles. The fourth-order valence-corrected chi connectivity index (χ4v) is 2.79. The Hall–Kier alpha value is -1.72. The van der Waals surface area contributed by atoms with Crippen LogP contribution in [0, 0.1) is 11.6 Å². The Labute approximate surface area is 122 Å². The first-order valence-electron chi connectivity index (χ1n) is 7.02. The number of halogens is 2. The van der Waals surface area contributed by atoms with E-state index in [9.17, 15) is 8.78 Å². The smallest absolute Gasteiger partial charge is 0.130 e. The number of morpholine rings is 1. The van der Waals surface area contributed by atoms with Crippen LogP contribution in [-0.2, 0) is 18.3 Å². The molecule has 0 saturated carbocycles. The monoisotopic (exact) mass is 292 g/mol. The summed E-state index contributed by atoms with van der Waals surface area (Å²) in [7, 11) is 1.99. The van der Waals surface area contributed by atoms with E-state index < -0.39 is 11.6 Å². The Bertz CT molecular complexity index is 626. The molecule has 3 rings (SSSR count). The molecule has 3 nitrogen and oxygen atoms in total. The third kappa shape index (κ3) is 2.99. The minimum atomic E-state index is -0.544. The predicted octanol–water partition coefficient (Wildman–Crippen LogP) is 2.88. The van der Waals surface area contributed by atoms with Crippen molar-refractivity contribution in [3.8, 4) is 0 Å². The number of aromatic nitrogens is 1. The van der Waals surface area contributed by atoms with Crippen LogP contribution in [0.5, 0.6) is 0 Å². The van der Waals surface area contributed by atoms with Crippen LogP contribution in [0.4, 0.5) is 8.78 Å². The number of hydrogen-bond donors (Lipinski definition) is 0. The fourth-order valence-electron chi connectivity index (χ4n) is 2.79. The Kier molecular flexibility index (Phi) is 4.03. The topological polar surface area (TPSA) is 17.4 Å². The number of ether oxygens (including phenoxy) is 1. The van der Waals surface area contributed by atoms with Crippen LogP contribution in [-0.4, -0.2) is 29.2 Å². The largest absolute Gasteiger partial charge is 0.378 e. The van der Waals surface area contributed by atoms with Gasteiger partial charge in [-0.1, -0.05) is 6.07 Å². The second kappa shape index (κ2) is 5.95. The summed E-state index contributed by atoms with van der Waals surface area (Å²) in [6, 6.07) is 7.88. The zero-order valence-corrected chi connectivity index (χ0v) is 11.9. The number of aryl methyl sites for hydroxylation is 1. The average Bonchev–Trinajstić information content (AvgIpc) is 2.89. The van der Waals surface area contributed by atoms with Gasteiger partial charge < -0.3 is 9.30 Å². The molecule has 1 aliphatic rings. The van der Waals surface area contributed by atoms with E-state index in [1.165, 1.54) is 12.1 Å². The molecule has 0 N–H and O–H groups in total. The van der Waals surface area contributed by atoms with Gasteiger partial charge in [0.25, 0.3) is 0 Å². The maximum atomic E-state index is 13.9. The van der Waals surface area contributed by atoms with Crippen LogP contribution in [0.25, 0.3) is 0 Å². The summed E-state index contributed by atoms with van der Waals surface area (Å²) in [6.45, 7) is 2.39. The lowest BCUT2D eigenvalue weighted by Crippen LogP contribution is -2.39. The van der Waals surface area contributed by atoms with Crippen molar-refractivity contribution in [1.82, 2.24) is 9.47 Å². The first-order valence-corrected chi connectivity index (χ1v) is 7.02. The third-order valence-electron chi connectivity index (χ3n) is 3.95. The Morgan fingerprint density at radius 1 is 1.29 bits per heavy atom. The van der Waals surface area contributed by atoms with Crippen molar-refractivity contribution < 1.29 is 13.5 Å². The number of benzene rings is 1. The van der Waals surface area contributed by atoms with Crippen LogP contribution < -0.4 is 0 Å². The second-order valence-electron chi connectivity index (χ2n) is 5.34. The summed E-state index contributed by atoms with van der Waals surface area (Å²) in [4.78, 5) is 2.18. The van der Waals surface area contributed by atoms with Gasteiger partial charge in [0.15, 0.2) is 0 Å². The van der Waals surface area contributed by atoms with Crippen LogP contribution >= 0.6 is 0 Å². The molecule has 0 amide bonds. The summed E-state index contributed by atoms with van der Waals surface area (Å²) in [5.74, 6) is -1.04. The maximum Gasteiger partial charge on any atom is 0.130 e. The van der Waals surface area contributed by atoms with Gasteiger partial charge >= 0.3 is 0 Å². The molecule has 1 saturated heterocycles. The Morgan fingerprint density at radius 2 is 2.14 bits per heavy atom. The van der Waals surface area contributed by atoms with Gasteiger partial charge in [-0.25, -0.2) is 8.78 Å². The zero-order valence-electron chi connectivity index (χ0n) is 11.9. The minimum Gasteiger partial charge on any atom is -0.378 e. The van der Waals surface area contributed by atoms with E-state index in [2.05, 4.69) is 4.90 Å². The summed E-state index contributed by atoms with van der Waals surface area (Å²) in [5, 5.41) is 0. The first kappa shape index (κ1) is 14.2. The van der Waals surface area contributed by atoms with Crippen LogP contribution in [0.2, 0.25) is 0 Å². The maximum absolute atomic E-state index is 13.9. The van der Waals surface area contributed by atoms with Crippen molar-refractivity contribution in [3.63, 3.8) is 0 Å². The average molecular weight is 292 g/mol.